The zero-order valence-corrected chi connectivity index (χ0v) is 24.8. The van der Waals surface area contributed by atoms with Gasteiger partial charge in [0, 0.05) is 36.8 Å². The van der Waals surface area contributed by atoms with Crippen LogP contribution in [0, 0.1) is 5.92 Å². The molecule has 1 heterocycles. The Morgan fingerprint density at radius 1 is 1.12 bits per heavy atom. The minimum absolute atomic E-state index is 0.0220. The van der Waals surface area contributed by atoms with Gasteiger partial charge in [-0.1, -0.05) is 37.3 Å². The highest BCUT2D eigenvalue weighted by atomic mass is 32.2. The van der Waals surface area contributed by atoms with Crippen LogP contribution in [0.25, 0.3) is 0 Å². The van der Waals surface area contributed by atoms with E-state index in [9.17, 15) is 28.2 Å². The molecule has 42 heavy (non-hydrogen) atoms. The summed E-state index contributed by atoms with van der Waals surface area (Å²) in [6, 6.07) is 19.3. The number of anilines is 1. The van der Waals surface area contributed by atoms with Gasteiger partial charge in [0.25, 0.3) is 10.0 Å². The van der Waals surface area contributed by atoms with Crippen LogP contribution >= 0.6 is 0 Å². The number of fused-ring (bicyclic) bond motifs is 1. The molecule has 1 aliphatic rings. The number of ether oxygens (including phenoxy) is 1. The number of aliphatic hydroxyl groups is 1. The van der Waals surface area contributed by atoms with Crippen LogP contribution < -0.4 is 9.46 Å². The fourth-order valence-corrected chi connectivity index (χ4v) is 6.03. The van der Waals surface area contributed by atoms with Crippen LogP contribution in [0.1, 0.15) is 35.3 Å². The predicted octanol–water partition coefficient (Wildman–Crippen LogP) is 3.47. The molecule has 3 aromatic carbocycles. The van der Waals surface area contributed by atoms with Crippen molar-refractivity contribution in [3.63, 3.8) is 0 Å². The smallest absolute Gasteiger partial charge is 0.335 e. The molecule has 0 aliphatic carbocycles. The number of aromatic carboxylic acids is 1. The Hall–Kier alpha value is -3.93. The van der Waals surface area contributed by atoms with Crippen molar-refractivity contribution >= 4 is 27.6 Å². The Bertz CT molecular complexity index is 1500. The van der Waals surface area contributed by atoms with Gasteiger partial charge in [0.1, 0.15) is 11.9 Å². The maximum absolute atomic E-state index is 13.5. The SMILES string of the molecule is C[C@H]1CN([C@@H](C)CO)C(=O)Cc2cc(NS(=O)(=O)c3ccccc3)ccc2O[C@@H]1CN(C)Cc1ccc(C(=O)O)cc1. The van der Waals surface area contributed by atoms with Gasteiger partial charge in [-0.3, -0.25) is 14.4 Å². The van der Waals surface area contributed by atoms with E-state index in [0.29, 0.717) is 36.6 Å². The standard InChI is InChI=1S/C31H37N3O7S/c1-21-17-34(22(2)20-35)30(36)16-25-15-26(32-42(39,40)27-7-5-4-6-8-27)13-14-28(25)41-29(21)19-33(3)18-23-9-11-24(12-10-23)31(37)38/h4-15,21-22,29,32,35H,16-20H2,1-3H3,(H,37,38)/t21-,22-,29+/m0/s1. The lowest BCUT2D eigenvalue weighted by molar-refractivity contribution is -0.134. The largest absolute Gasteiger partial charge is 0.488 e. The monoisotopic (exact) mass is 595 g/mol. The Morgan fingerprint density at radius 3 is 2.45 bits per heavy atom. The zero-order valence-electron chi connectivity index (χ0n) is 23.9. The van der Waals surface area contributed by atoms with E-state index in [-0.39, 0.29) is 41.4 Å². The van der Waals surface area contributed by atoms with E-state index in [2.05, 4.69) is 9.62 Å². The molecular formula is C31H37N3O7S. The van der Waals surface area contributed by atoms with E-state index in [4.69, 9.17) is 4.74 Å². The second-order valence-corrected chi connectivity index (χ2v) is 12.5. The molecule has 0 bridgehead atoms. The summed E-state index contributed by atoms with van der Waals surface area (Å²) in [5.74, 6) is -0.792. The van der Waals surface area contributed by atoms with E-state index >= 15 is 0 Å². The molecule has 11 heteroatoms. The highest BCUT2D eigenvalue weighted by molar-refractivity contribution is 7.92. The number of carboxylic acid groups (broad SMARTS) is 1. The summed E-state index contributed by atoms with van der Waals surface area (Å²) in [6.07, 6.45) is -0.371. The van der Waals surface area contributed by atoms with Crippen LogP contribution in [0.15, 0.2) is 77.7 Å². The van der Waals surface area contributed by atoms with Gasteiger partial charge in [0.2, 0.25) is 5.91 Å². The lowest BCUT2D eigenvalue weighted by atomic mass is 10.0. The molecule has 1 amide bonds. The molecule has 0 fully saturated rings. The third-order valence-electron chi connectivity index (χ3n) is 7.37. The molecule has 3 aromatic rings. The summed E-state index contributed by atoms with van der Waals surface area (Å²) in [4.78, 5) is 28.5. The molecule has 4 rings (SSSR count). The minimum Gasteiger partial charge on any atom is -0.488 e. The predicted molar refractivity (Wildman–Crippen MR) is 159 cm³/mol. The molecule has 1 aliphatic heterocycles. The average Bonchev–Trinajstić information content (AvgIpc) is 3.00. The van der Waals surface area contributed by atoms with Crippen LogP contribution in [-0.4, -0.2) is 79.2 Å². The minimum atomic E-state index is -3.84. The summed E-state index contributed by atoms with van der Waals surface area (Å²) in [5.41, 5.74) is 2.01. The molecule has 0 saturated carbocycles. The van der Waals surface area contributed by atoms with Crippen molar-refractivity contribution in [2.75, 3.05) is 31.5 Å². The second-order valence-electron chi connectivity index (χ2n) is 10.8. The summed E-state index contributed by atoms with van der Waals surface area (Å²) < 4.78 is 35.0. The first kappa shape index (κ1) is 31.0. The quantitative estimate of drug-likeness (QED) is 0.324. The first-order valence-corrected chi connectivity index (χ1v) is 15.2. The maximum atomic E-state index is 13.5. The molecule has 0 unspecified atom stereocenters. The number of hydrogen-bond donors (Lipinski definition) is 3. The first-order chi connectivity index (χ1) is 20.0. The Balaban J connectivity index is 1.60. The van der Waals surface area contributed by atoms with Gasteiger partial charge in [-0.15, -0.1) is 0 Å². The molecule has 10 nitrogen and oxygen atoms in total. The molecule has 3 N–H and O–H groups in total. The number of aliphatic hydroxyl groups excluding tert-OH is 1. The van der Waals surface area contributed by atoms with Gasteiger partial charge < -0.3 is 19.8 Å². The first-order valence-electron chi connectivity index (χ1n) is 13.8. The molecule has 3 atom stereocenters. The van der Waals surface area contributed by atoms with Crippen molar-refractivity contribution in [1.82, 2.24) is 9.80 Å². The lowest BCUT2D eigenvalue weighted by Crippen LogP contribution is -2.47. The summed E-state index contributed by atoms with van der Waals surface area (Å²) in [5, 5.41) is 19.1. The molecule has 0 aromatic heterocycles. The van der Waals surface area contributed by atoms with Crippen LogP contribution in [0.4, 0.5) is 5.69 Å². The summed E-state index contributed by atoms with van der Waals surface area (Å²) in [6.45, 7) is 5.01. The normalized spacial score (nSPS) is 18.3. The van der Waals surface area contributed by atoms with Crippen molar-refractivity contribution in [3.05, 3.63) is 89.5 Å². The third kappa shape index (κ3) is 7.67. The maximum Gasteiger partial charge on any atom is 0.335 e. The third-order valence-corrected chi connectivity index (χ3v) is 8.76. The van der Waals surface area contributed by atoms with Gasteiger partial charge in [-0.2, -0.15) is 0 Å². The number of benzene rings is 3. The van der Waals surface area contributed by atoms with Crippen molar-refractivity contribution in [2.45, 2.75) is 43.9 Å². The van der Waals surface area contributed by atoms with Crippen molar-refractivity contribution in [1.29, 1.82) is 0 Å². The number of nitrogens with zero attached hydrogens (tertiary/aromatic N) is 2. The highest BCUT2D eigenvalue weighted by Gasteiger charge is 2.31. The average molecular weight is 596 g/mol. The van der Waals surface area contributed by atoms with E-state index in [0.717, 1.165) is 5.56 Å². The molecule has 224 valence electrons. The van der Waals surface area contributed by atoms with Crippen molar-refractivity contribution in [2.24, 2.45) is 5.92 Å². The Labute approximate surface area is 246 Å². The number of rotatable bonds is 10. The number of likely N-dealkylation sites (N-methyl/N-ethyl adjacent to an activating group) is 1. The van der Waals surface area contributed by atoms with Crippen molar-refractivity contribution in [3.8, 4) is 5.75 Å². The van der Waals surface area contributed by atoms with Gasteiger partial charge >= 0.3 is 5.97 Å². The number of carbonyl (C=O) groups is 2. The van der Waals surface area contributed by atoms with Crippen LogP contribution in [0.3, 0.4) is 0 Å². The number of nitrogens with one attached hydrogen (secondary N) is 1. The zero-order chi connectivity index (χ0) is 30.4. The van der Waals surface area contributed by atoms with E-state index in [1.807, 2.05) is 14.0 Å². The second kappa shape index (κ2) is 13.4. The van der Waals surface area contributed by atoms with Crippen LogP contribution in [0.2, 0.25) is 0 Å². The fraction of sp³-hybridized carbons (Fsp3) is 0.355. The van der Waals surface area contributed by atoms with E-state index in [1.165, 1.54) is 12.1 Å². The number of amides is 1. The number of carbonyl (C=O) groups excluding carboxylic acids is 1. The number of sulfonamides is 1. The van der Waals surface area contributed by atoms with Gasteiger partial charge in [0.15, 0.2) is 0 Å². The summed E-state index contributed by atoms with van der Waals surface area (Å²) >= 11 is 0. The van der Waals surface area contributed by atoms with E-state index in [1.54, 1.807) is 72.5 Å². The lowest BCUT2D eigenvalue weighted by Gasteiger charge is -2.34. The molecular weight excluding hydrogens is 558 g/mol. The van der Waals surface area contributed by atoms with Gasteiger partial charge in [0.05, 0.1) is 29.5 Å². The Kier molecular flexibility index (Phi) is 9.87. The Morgan fingerprint density at radius 2 is 1.81 bits per heavy atom. The van der Waals surface area contributed by atoms with Gasteiger partial charge in [-0.05, 0) is 62.0 Å². The fourth-order valence-electron chi connectivity index (χ4n) is 4.96. The highest BCUT2D eigenvalue weighted by Crippen LogP contribution is 2.30. The van der Waals surface area contributed by atoms with E-state index < -0.39 is 22.0 Å². The molecule has 0 saturated heterocycles. The van der Waals surface area contributed by atoms with Crippen molar-refractivity contribution < 1.29 is 33.0 Å². The topological polar surface area (TPSA) is 136 Å². The van der Waals surface area contributed by atoms with Crippen LogP contribution in [-0.2, 0) is 27.8 Å². The number of hydrogen-bond acceptors (Lipinski definition) is 7. The molecule has 0 spiro atoms. The van der Waals surface area contributed by atoms with Crippen LogP contribution in [0.5, 0.6) is 5.75 Å². The number of carboxylic acids is 1. The van der Waals surface area contributed by atoms with Gasteiger partial charge in [-0.25, -0.2) is 13.2 Å². The summed E-state index contributed by atoms with van der Waals surface area (Å²) in [7, 11) is -1.90. The molecule has 0 radical (unpaired) electrons.